The van der Waals surface area contributed by atoms with Crippen LogP contribution in [-0.2, 0) is 23.4 Å². The Kier molecular flexibility index (Phi) is 7.20. The fourth-order valence-corrected chi connectivity index (χ4v) is 6.26. The molecule has 134 valence electrons. The van der Waals surface area contributed by atoms with E-state index in [0.717, 1.165) is 0 Å². The Bertz CT molecular complexity index is 613. The molecule has 24 heavy (non-hydrogen) atoms. The second-order valence-electron chi connectivity index (χ2n) is 6.03. The Morgan fingerprint density at radius 2 is 1.62 bits per heavy atom. The van der Waals surface area contributed by atoms with Gasteiger partial charge in [-0.2, -0.15) is 5.26 Å². The topological polar surface area (TPSA) is 77.8 Å². The Labute approximate surface area is 145 Å². The molecule has 0 saturated carbocycles. The zero-order valence-electron chi connectivity index (χ0n) is 15.2. The summed E-state index contributed by atoms with van der Waals surface area (Å²) >= 11 is 0. The Hall–Kier alpha value is -1.16. The third-order valence-corrected chi connectivity index (χ3v) is 6.58. The first-order valence-electron chi connectivity index (χ1n) is 7.83. The molecule has 1 rings (SSSR count). The van der Waals surface area contributed by atoms with Gasteiger partial charge in [-0.25, -0.2) is 0 Å². The highest BCUT2D eigenvalue weighted by atomic mass is 31.2. The number of hydrogen-bond acceptors (Lipinski definition) is 6. The van der Waals surface area contributed by atoms with Crippen molar-refractivity contribution in [2.45, 2.75) is 38.8 Å². The quantitative estimate of drug-likeness (QED) is 0.470. The maximum Gasteiger partial charge on any atom is 0.380 e. The highest BCUT2D eigenvalue weighted by molar-refractivity contribution is 7.55. The van der Waals surface area contributed by atoms with Gasteiger partial charge in [0.1, 0.15) is 11.8 Å². The highest BCUT2D eigenvalue weighted by Crippen LogP contribution is 2.66. The molecule has 0 amide bonds. The SMILES string of the molecule is CCOP(=O)(OCC)C(C#N)(O[Si](C)(C)C)c1ccc(OC)cc1. The van der Waals surface area contributed by atoms with Crippen LogP contribution in [0.15, 0.2) is 24.3 Å². The largest absolute Gasteiger partial charge is 0.497 e. The van der Waals surface area contributed by atoms with Gasteiger partial charge in [0.25, 0.3) is 5.34 Å². The van der Waals surface area contributed by atoms with Gasteiger partial charge in [0.2, 0.25) is 0 Å². The van der Waals surface area contributed by atoms with Gasteiger partial charge in [0.05, 0.1) is 20.3 Å². The summed E-state index contributed by atoms with van der Waals surface area (Å²) in [5, 5.41) is 8.18. The van der Waals surface area contributed by atoms with E-state index in [1.54, 1.807) is 45.2 Å². The van der Waals surface area contributed by atoms with E-state index in [9.17, 15) is 9.83 Å². The van der Waals surface area contributed by atoms with E-state index in [2.05, 4.69) is 6.07 Å². The number of rotatable bonds is 9. The van der Waals surface area contributed by atoms with Crippen LogP contribution < -0.4 is 4.74 Å². The molecule has 1 atom stereocenters. The lowest BCUT2D eigenvalue weighted by Crippen LogP contribution is -2.40. The highest BCUT2D eigenvalue weighted by Gasteiger charge is 2.56. The van der Waals surface area contributed by atoms with E-state index in [-0.39, 0.29) is 13.2 Å². The predicted molar refractivity (Wildman–Crippen MR) is 95.6 cm³/mol. The molecular formula is C16H26NO5PSi. The van der Waals surface area contributed by atoms with Crippen LogP contribution in [0.4, 0.5) is 0 Å². The van der Waals surface area contributed by atoms with Crippen molar-refractivity contribution < 1.29 is 22.8 Å². The van der Waals surface area contributed by atoms with Gasteiger partial charge >= 0.3 is 7.60 Å². The van der Waals surface area contributed by atoms with Crippen LogP contribution in [0.2, 0.25) is 19.6 Å². The molecule has 6 nitrogen and oxygen atoms in total. The maximum atomic E-state index is 13.5. The molecule has 1 aromatic rings. The molecule has 0 aliphatic heterocycles. The molecule has 0 radical (unpaired) electrons. The van der Waals surface area contributed by atoms with Crippen molar-refractivity contribution >= 4 is 15.9 Å². The third kappa shape index (κ3) is 4.47. The first kappa shape index (κ1) is 20.9. The van der Waals surface area contributed by atoms with Gasteiger partial charge in [0, 0.05) is 5.56 Å². The minimum atomic E-state index is -3.89. The van der Waals surface area contributed by atoms with Crippen LogP contribution in [0.3, 0.4) is 0 Å². The molecule has 0 aliphatic rings. The maximum absolute atomic E-state index is 13.5. The number of nitrogens with zero attached hydrogens (tertiary/aromatic N) is 1. The number of benzene rings is 1. The van der Waals surface area contributed by atoms with Crippen molar-refractivity contribution in [3.63, 3.8) is 0 Å². The lowest BCUT2D eigenvalue weighted by atomic mass is 10.1. The predicted octanol–water partition coefficient (Wildman–Crippen LogP) is 4.49. The fourth-order valence-electron chi connectivity index (χ4n) is 2.24. The monoisotopic (exact) mass is 371 g/mol. The number of ether oxygens (including phenoxy) is 1. The van der Waals surface area contributed by atoms with Gasteiger partial charge in [0.15, 0.2) is 8.32 Å². The summed E-state index contributed by atoms with van der Waals surface area (Å²) in [7, 11) is -4.61. The normalized spacial score (nSPS) is 14.7. The van der Waals surface area contributed by atoms with E-state index < -0.39 is 21.3 Å². The smallest absolute Gasteiger partial charge is 0.380 e. The van der Waals surface area contributed by atoms with Crippen molar-refractivity contribution in [2.75, 3.05) is 20.3 Å². The Morgan fingerprint density at radius 1 is 1.12 bits per heavy atom. The van der Waals surface area contributed by atoms with Crippen molar-refractivity contribution in [1.82, 2.24) is 0 Å². The first-order valence-corrected chi connectivity index (χ1v) is 12.8. The van der Waals surface area contributed by atoms with Crippen LogP contribution in [0.5, 0.6) is 5.75 Å². The standard InChI is InChI=1S/C16H26NO5PSi/c1-7-20-23(18,21-8-2)16(13-17,22-24(4,5)6)14-9-11-15(19-3)12-10-14/h9-12H,7-8H2,1-6H3. The van der Waals surface area contributed by atoms with Crippen LogP contribution in [0.25, 0.3) is 0 Å². The number of nitriles is 1. The summed E-state index contributed by atoms with van der Waals surface area (Å²) in [5.41, 5.74) is 0.429. The number of hydrogen-bond donors (Lipinski definition) is 0. The van der Waals surface area contributed by atoms with Gasteiger partial charge in [-0.3, -0.25) is 4.57 Å². The van der Waals surface area contributed by atoms with Gasteiger partial charge in [-0.1, -0.05) is 12.1 Å². The van der Waals surface area contributed by atoms with Crippen LogP contribution >= 0.6 is 7.60 Å². The van der Waals surface area contributed by atoms with E-state index in [1.807, 2.05) is 19.6 Å². The Balaban J connectivity index is 3.59. The van der Waals surface area contributed by atoms with Crippen molar-refractivity contribution in [3.05, 3.63) is 29.8 Å². The van der Waals surface area contributed by atoms with Crippen molar-refractivity contribution in [2.24, 2.45) is 0 Å². The van der Waals surface area contributed by atoms with E-state index in [1.165, 1.54) is 0 Å². The fraction of sp³-hybridized carbons (Fsp3) is 0.562. The van der Waals surface area contributed by atoms with E-state index in [4.69, 9.17) is 18.2 Å². The second-order valence-corrected chi connectivity index (χ2v) is 12.6. The first-order chi connectivity index (χ1) is 11.2. The number of methoxy groups -OCH3 is 1. The van der Waals surface area contributed by atoms with Gasteiger partial charge < -0.3 is 18.2 Å². The van der Waals surface area contributed by atoms with Crippen LogP contribution in [0.1, 0.15) is 19.4 Å². The minimum absolute atomic E-state index is 0.145. The van der Waals surface area contributed by atoms with Crippen LogP contribution in [-0.4, -0.2) is 28.6 Å². The Morgan fingerprint density at radius 3 is 1.96 bits per heavy atom. The summed E-state index contributed by atoms with van der Waals surface area (Å²) in [6.07, 6.45) is 0. The molecule has 0 aromatic heterocycles. The minimum Gasteiger partial charge on any atom is -0.497 e. The molecule has 0 saturated heterocycles. The van der Waals surface area contributed by atoms with Gasteiger partial charge in [-0.05, 0) is 45.6 Å². The molecule has 0 fully saturated rings. The van der Waals surface area contributed by atoms with Crippen molar-refractivity contribution in [3.8, 4) is 11.8 Å². The molecule has 0 spiro atoms. The average molecular weight is 371 g/mol. The second kappa shape index (κ2) is 8.28. The summed E-state index contributed by atoms with van der Waals surface area (Å²) in [4.78, 5) is 0. The van der Waals surface area contributed by atoms with Crippen molar-refractivity contribution in [1.29, 1.82) is 5.26 Å². The zero-order chi connectivity index (χ0) is 18.4. The lowest BCUT2D eigenvalue weighted by Gasteiger charge is -2.38. The van der Waals surface area contributed by atoms with Crippen LogP contribution in [0, 0.1) is 11.3 Å². The molecule has 1 aromatic carbocycles. The zero-order valence-corrected chi connectivity index (χ0v) is 17.1. The van der Waals surface area contributed by atoms with E-state index in [0.29, 0.717) is 11.3 Å². The molecule has 0 heterocycles. The van der Waals surface area contributed by atoms with E-state index >= 15 is 0 Å². The third-order valence-electron chi connectivity index (χ3n) is 3.07. The summed E-state index contributed by atoms with van der Waals surface area (Å²) in [6, 6.07) is 8.80. The molecule has 8 heteroatoms. The summed E-state index contributed by atoms with van der Waals surface area (Å²) in [5.74, 6) is 0.626. The average Bonchev–Trinajstić information content (AvgIpc) is 2.52. The molecule has 0 N–H and O–H groups in total. The lowest BCUT2D eigenvalue weighted by molar-refractivity contribution is 0.119. The summed E-state index contributed by atoms with van der Waals surface area (Å²) in [6.45, 7) is 9.46. The molecule has 0 bridgehead atoms. The van der Waals surface area contributed by atoms with Gasteiger partial charge in [-0.15, -0.1) is 0 Å². The molecular weight excluding hydrogens is 345 g/mol. The molecule has 1 unspecified atom stereocenters. The summed E-state index contributed by atoms with van der Waals surface area (Å²) < 4.78 is 35.7. The molecule has 0 aliphatic carbocycles.